The summed E-state index contributed by atoms with van der Waals surface area (Å²) in [6, 6.07) is 5.15. The van der Waals surface area contributed by atoms with Crippen LogP contribution in [0.2, 0.25) is 0 Å². The largest absolute Gasteiger partial charge is 0.375 e. The molecule has 2 nitrogen and oxygen atoms in total. The third-order valence-electron chi connectivity index (χ3n) is 2.67. The molecule has 0 fully saturated rings. The number of benzene rings is 1. The summed E-state index contributed by atoms with van der Waals surface area (Å²) in [5.74, 6) is -0.218. The van der Waals surface area contributed by atoms with Gasteiger partial charge in [-0.15, -0.1) is 11.3 Å². The molecular weight excluding hydrogens is 235 g/mol. The van der Waals surface area contributed by atoms with Crippen LogP contribution in [0.15, 0.2) is 23.7 Å². The van der Waals surface area contributed by atoms with E-state index in [1.807, 2.05) is 32.3 Å². The lowest BCUT2D eigenvalue weighted by Gasteiger charge is -2.15. The van der Waals surface area contributed by atoms with E-state index in [9.17, 15) is 4.39 Å². The quantitative estimate of drug-likeness (QED) is 0.888. The molecule has 2 aromatic rings. The van der Waals surface area contributed by atoms with Gasteiger partial charge in [0.1, 0.15) is 5.82 Å². The van der Waals surface area contributed by atoms with Crippen molar-refractivity contribution in [1.29, 1.82) is 0 Å². The molecule has 1 unspecified atom stereocenters. The van der Waals surface area contributed by atoms with Crippen molar-refractivity contribution in [2.75, 3.05) is 5.32 Å². The second kappa shape index (κ2) is 4.84. The fourth-order valence-electron chi connectivity index (χ4n) is 1.78. The molecule has 4 heteroatoms. The summed E-state index contributed by atoms with van der Waals surface area (Å²) < 4.78 is 13.6. The second-order valence-corrected chi connectivity index (χ2v) is 5.04. The molecule has 1 N–H and O–H groups in total. The zero-order chi connectivity index (χ0) is 12.4. The minimum absolute atomic E-state index is 0.0683. The van der Waals surface area contributed by atoms with Crippen molar-refractivity contribution in [1.82, 2.24) is 4.98 Å². The third kappa shape index (κ3) is 2.64. The maximum atomic E-state index is 13.6. The Morgan fingerprint density at radius 3 is 2.76 bits per heavy atom. The Morgan fingerprint density at radius 2 is 2.12 bits per heavy atom. The van der Waals surface area contributed by atoms with Crippen molar-refractivity contribution in [3.63, 3.8) is 0 Å². The molecule has 1 heterocycles. The van der Waals surface area contributed by atoms with Crippen LogP contribution in [0.5, 0.6) is 0 Å². The molecular formula is C13H15FN2S. The van der Waals surface area contributed by atoms with Crippen molar-refractivity contribution < 1.29 is 4.39 Å². The molecule has 0 bridgehead atoms. The SMILES string of the molecule is Cc1ccc(F)c(NC(C)c2scnc2C)c1. The van der Waals surface area contributed by atoms with Gasteiger partial charge in [-0.3, -0.25) is 0 Å². The van der Waals surface area contributed by atoms with Gasteiger partial charge in [0.15, 0.2) is 0 Å². The summed E-state index contributed by atoms with van der Waals surface area (Å²) in [4.78, 5) is 5.35. The number of aryl methyl sites for hydroxylation is 2. The smallest absolute Gasteiger partial charge is 0.146 e. The summed E-state index contributed by atoms with van der Waals surface area (Å²) in [6.45, 7) is 5.94. The van der Waals surface area contributed by atoms with E-state index in [-0.39, 0.29) is 11.9 Å². The van der Waals surface area contributed by atoms with Crippen LogP contribution in [-0.4, -0.2) is 4.98 Å². The summed E-state index contributed by atoms with van der Waals surface area (Å²) in [5, 5.41) is 3.19. The number of nitrogens with zero attached hydrogens (tertiary/aromatic N) is 1. The maximum Gasteiger partial charge on any atom is 0.146 e. The lowest BCUT2D eigenvalue weighted by atomic mass is 10.2. The van der Waals surface area contributed by atoms with Gasteiger partial charge in [-0.1, -0.05) is 6.07 Å². The predicted octanol–water partition coefficient (Wildman–Crippen LogP) is 4.07. The molecule has 1 aromatic carbocycles. The van der Waals surface area contributed by atoms with Crippen molar-refractivity contribution in [3.8, 4) is 0 Å². The number of thiazole rings is 1. The van der Waals surface area contributed by atoms with E-state index in [0.29, 0.717) is 5.69 Å². The summed E-state index contributed by atoms with van der Waals surface area (Å²) >= 11 is 1.59. The third-order valence-corrected chi connectivity index (χ3v) is 3.78. The molecule has 17 heavy (non-hydrogen) atoms. The lowest BCUT2D eigenvalue weighted by Crippen LogP contribution is -2.07. The first-order chi connectivity index (χ1) is 8.08. The van der Waals surface area contributed by atoms with Crippen LogP contribution in [0.4, 0.5) is 10.1 Å². The molecule has 2 rings (SSSR count). The van der Waals surface area contributed by atoms with Gasteiger partial charge >= 0.3 is 0 Å². The number of hydrogen-bond donors (Lipinski definition) is 1. The average molecular weight is 250 g/mol. The molecule has 1 aromatic heterocycles. The number of nitrogens with one attached hydrogen (secondary N) is 1. The first-order valence-corrected chi connectivity index (χ1v) is 6.38. The molecule has 0 saturated carbocycles. The summed E-state index contributed by atoms with van der Waals surface area (Å²) in [6.07, 6.45) is 0. The van der Waals surface area contributed by atoms with Crippen LogP contribution < -0.4 is 5.32 Å². The molecule has 0 spiro atoms. The first kappa shape index (κ1) is 12.0. The van der Waals surface area contributed by atoms with Gasteiger partial charge in [-0.05, 0) is 38.5 Å². The number of anilines is 1. The molecule has 0 aliphatic heterocycles. The Balaban J connectivity index is 2.21. The predicted molar refractivity (Wildman–Crippen MR) is 70.0 cm³/mol. The van der Waals surface area contributed by atoms with Crippen molar-refractivity contribution in [2.45, 2.75) is 26.8 Å². The molecule has 0 amide bonds. The highest BCUT2D eigenvalue weighted by Crippen LogP contribution is 2.26. The van der Waals surface area contributed by atoms with Crippen LogP contribution in [0.3, 0.4) is 0 Å². The molecule has 0 aliphatic rings. The highest BCUT2D eigenvalue weighted by Gasteiger charge is 2.12. The zero-order valence-corrected chi connectivity index (χ0v) is 10.9. The highest BCUT2D eigenvalue weighted by atomic mass is 32.1. The zero-order valence-electron chi connectivity index (χ0n) is 10.1. The van der Waals surface area contributed by atoms with E-state index >= 15 is 0 Å². The van der Waals surface area contributed by atoms with Crippen LogP contribution in [0, 0.1) is 19.7 Å². The van der Waals surface area contributed by atoms with Crippen molar-refractivity contribution in [3.05, 3.63) is 45.7 Å². The van der Waals surface area contributed by atoms with Gasteiger partial charge in [-0.2, -0.15) is 0 Å². The average Bonchev–Trinajstić information content (AvgIpc) is 2.70. The molecule has 90 valence electrons. The lowest BCUT2D eigenvalue weighted by molar-refractivity contribution is 0.627. The van der Waals surface area contributed by atoms with Crippen LogP contribution >= 0.6 is 11.3 Å². The minimum Gasteiger partial charge on any atom is -0.375 e. The van der Waals surface area contributed by atoms with Gasteiger partial charge in [0.2, 0.25) is 0 Å². The highest BCUT2D eigenvalue weighted by molar-refractivity contribution is 7.09. The van der Waals surface area contributed by atoms with E-state index < -0.39 is 0 Å². The van der Waals surface area contributed by atoms with Crippen LogP contribution in [0.25, 0.3) is 0 Å². The normalized spacial score (nSPS) is 12.5. The van der Waals surface area contributed by atoms with E-state index in [1.165, 1.54) is 6.07 Å². The van der Waals surface area contributed by atoms with E-state index in [0.717, 1.165) is 16.1 Å². The molecule has 0 radical (unpaired) electrons. The van der Waals surface area contributed by atoms with Crippen molar-refractivity contribution in [2.24, 2.45) is 0 Å². The van der Waals surface area contributed by atoms with Crippen LogP contribution in [0.1, 0.15) is 29.1 Å². The fourth-order valence-corrected chi connectivity index (χ4v) is 2.59. The Labute approximate surface area is 105 Å². The van der Waals surface area contributed by atoms with Gasteiger partial charge < -0.3 is 5.32 Å². The number of halogens is 1. The Kier molecular flexibility index (Phi) is 3.43. The fraction of sp³-hybridized carbons (Fsp3) is 0.308. The van der Waals surface area contributed by atoms with Gasteiger partial charge in [0.05, 0.1) is 22.9 Å². The number of hydrogen-bond acceptors (Lipinski definition) is 3. The van der Waals surface area contributed by atoms with E-state index in [4.69, 9.17) is 0 Å². The van der Waals surface area contributed by atoms with Gasteiger partial charge in [0.25, 0.3) is 0 Å². The molecule has 1 atom stereocenters. The summed E-state index contributed by atoms with van der Waals surface area (Å²) in [7, 11) is 0. The standard InChI is InChI=1S/C13H15FN2S/c1-8-4-5-11(14)12(6-8)16-10(3)13-9(2)15-7-17-13/h4-7,10,16H,1-3H3. The first-order valence-electron chi connectivity index (χ1n) is 5.50. The molecule has 0 saturated heterocycles. The minimum atomic E-state index is -0.218. The number of rotatable bonds is 3. The Morgan fingerprint density at radius 1 is 1.35 bits per heavy atom. The second-order valence-electron chi connectivity index (χ2n) is 4.15. The summed E-state index contributed by atoms with van der Waals surface area (Å²) in [5.41, 5.74) is 4.41. The Hall–Kier alpha value is -1.42. The van der Waals surface area contributed by atoms with Crippen LogP contribution in [-0.2, 0) is 0 Å². The maximum absolute atomic E-state index is 13.6. The van der Waals surface area contributed by atoms with Gasteiger partial charge in [-0.25, -0.2) is 9.37 Å². The number of aromatic nitrogens is 1. The van der Waals surface area contributed by atoms with E-state index in [1.54, 1.807) is 17.4 Å². The Bertz CT molecular complexity index is 522. The van der Waals surface area contributed by atoms with Crippen molar-refractivity contribution >= 4 is 17.0 Å². The molecule has 0 aliphatic carbocycles. The topological polar surface area (TPSA) is 24.9 Å². The monoisotopic (exact) mass is 250 g/mol. The van der Waals surface area contributed by atoms with E-state index in [2.05, 4.69) is 10.3 Å². The van der Waals surface area contributed by atoms with Gasteiger partial charge in [0, 0.05) is 4.88 Å².